The van der Waals surface area contributed by atoms with E-state index < -0.39 is 0 Å². The van der Waals surface area contributed by atoms with Gasteiger partial charge in [0.25, 0.3) is 0 Å². The van der Waals surface area contributed by atoms with Gasteiger partial charge in [0.15, 0.2) is 16.6 Å². The molecule has 3 aliphatic rings. The highest BCUT2D eigenvalue weighted by Gasteiger charge is 2.34. The van der Waals surface area contributed by atoms with Gasteiger partial charge in [-0.1, -0.05) is 0 Å². The molecule has 1 unspecified atom stereocenters. The Morgan fingerprint density at radius 1 is 1.42 bits per heavy atom. The first-order chi connectivity index (χ1) is 9.13. The van der Waals surface area contributed by atoms with Crippen molar-refractivity contribution in [2.75, 3.05) is 30.7 Å². The van der Waals surface area contributed by atoms with Crippen molar-refractivity contribution in [2.45, 2.75) is 38.8 Å². The third kappa shape index (κ3) is 2.65. The summed E-state index contributed by atoms with van der Waals surface area (Å²) in [4.78, 5) is 2.53. The highest BCUT2D eigenvalue weighted by atomic mass is 32.1. The van der Waals surface area contributed by atoms with E-state index in [-0.39, 0.29) is 6.10 Å². The van der Waals surface area contributed by atoms with Crippen LogP contribution in [-0.4, -0.2) is 41.1 Å². The van der Waals surface area contributed by atoms with Crippen LogP contribution in [-0.2, 0) is 0 Å². The lowest BCUT2D eigenvalue weighted by Crippen LogP contribution is -2.53. The summed E-state index contributed by atoms with van der Waals surface area (Å²) in [6, 6.07) is 0.511. The minimum Gasteiger partial charge on any atom is -0.484 e. The van der Waals surface area contributed by atoms with E-state index in [9.17, 15) is 0 Å². The second kappa shape index (κ2) is 5.17. The number of nitrogens with one attached hydrogen (secondary N) is 1. The van der Waals surface area contributed by atoms with E-state index in [2.05, 4.69) is 14.6 Å². The number of aromatic nitrogens is 1. The lowest BCUT2D eigenvalue weighted by molar-refractivity contribution is 0.0975. The van der Waals surface area contributed by atoms with Crippen LogP contribution in [0.1, 0.15) is 26.7 Å². The van der Waals surface area contributed by atoms with Crippen molar-refractivity contribution in [1.29, 1.82) is 0 Å². The third-order valence-corrected chi connectivity index (χ3v) is 4.77. The Kier molecular flexibility index (Phi) is 3.54. The van der Waals surface area contributed by atoms with Crippen LogP contribution < -0.4 is 15.8 Å². The van der Waals surface area contributed by atoms with E-state index in [4.69, 9.17) is 10.5 Å². The number of nitrogen functional groups attached to an aromatic ring is 1. The Bertz CT molecular complexity index is 440. The number of piperidine rings is 3. The van der Waals surface area contributed by atoms with Gasteiger partial charge in [-0.3, -0.25) is 0 Å². The van der Waals surface area contributed by atoms with Crippen LogP contribution in [0.2, 0.25) is 0 Å². The van der Waals surface area contributed by atoms with Gasteiger partial charge >= 0.3 is 0 Å². The van der Waals surface area contributed by atoms with Gasteiger partial charge in [-0.2, -0.15) is 4.37 Å². The summed E-state index contributed by atoms with van der Waals surface area (Å²) in [7, 11) is 0. The number of nitrogens with zero attached hydrogens (tertiary/aromatic N) is 2. The molecule has 3 N–H and O–H groups in total. The molecule has 19 heavy (non-hydrogen) atoms. The van der Waals surface area contributed by atoms with Crippen LogP contribution in [0.5, 0.6) is 5.75 Å². The average molecular weight is 282 g/mol. The second-order valence-electron chi connectivity index (χ2n) is 5.78. The maximum atomic E-state index is 5.89. The van der Waals surface area contributed by atoms with Crippen molar-refractivity contribution in [2.24, 2.45) is 5.92 Å². The van der Waals surface area contributed by atoms with Crippen molar-refractivity contribution in [3.05, 3.63) is 0 Å². The molecule has 2 bridgehead atoms. The van der Waals surface area contributed by atoms with Gasteiger partial charge in [-0.05, 0) is 57.2 Å². The summed E-state index contributed by atoms with van der Waals surface area (Å²) in [5.74, 6) is 2.01. The van der Waals surface area contributed by atoms with Crippen molar-refractivity contribution < 1.29 is 4.74 Å². The Morgan fingerprint density at radius 3 is 2.74 bits per heavy atom. The Morgan fingerprint density at radius 2 is 2.16 bits per heavy atom. The maximum Gasteiger partial charge on any atom is 0.197 e. The summed E-state index contributed by atoms with van der Waals surface area (Å²) in [6.07, 6.45) is 2.71. The van der Waals surface area contributed by atoms with E-state index in [1.54, 1.807) is 0 Å². The van der Waals surface area contributed by atoms with Crippen molar-refractivity contribution >= 4 is 22.4 Å². The smallest absolute Gasteiger partial charge is 0.197 e. The van der Waals surface area contributed by atoms with Gasteiger partial charge in [-0.15, -0.1) is 0 Å². The molecule has 1 aromatic rings. The number of anilines is 2. The van der Waals surface area contributed by atoms with Crippen LogP contribution in [0.25, 0.3) is 0 Å². The van der Waals surface area contributed by atoms with Crippen LogP contribution in [0.4, 0.5) is 10.8 Å². The molecule has 5 nitrogen and oxygen atoms in total. The molecule has 3 fully saturated rings. The number of rotatable bonds is 4. The first-order valence-corrected chi connectivity index (χ1v) is 7.81. The van der Waals surface area contributed by atoms with Gasteiger partial charge in [0.2, 0.25) is 0 Å². The second-order valence-corrected chi connectivity index (χ2v) is 6.55. The molecule has 0 aromatic carbocycles. The zero-order chi connectivity index (χ0) is 13.4. The third-order valence-electron chi connectivity index (χ3n) is 4.00. The maximum absolute atomic E-state index is 5.89. The lowest BCUT2D eigenvalue weighted by atomic mass is 9.84. The van der Waals surface area contributed by atoms with Gasteiger partial charge in [0, 0.05) is 12.6 Å². The molecular formula is C13H22N4OS. The van der Waals surface area contributed by atoms with E-state index in [1.807, 2.05) is 13.8 Å². The molecule has 3 aliphatic heterocycles. The Labute approximate surface area is 118 Å². The fourth-order valence-electron chi connectivity index (χ4n) is 3.03. The highest BCUT2D eigenvalue weighted by molar-refractivity contribution is 7.11. The van der Waals surface area contributed by atoms with Gasteiger partial charge < -0.3 is 20.7 Å². The minimum absolute atomic E-state index is 0.116. The first-order valence-electron chi connectivity index (χ1n) is 7.04. The number of fused-ring (bicyclic) bond motifs is 3. The predicted molar refractivity (Wildman–Crippen MR) is 78.9 cm³/mol. The zero-order valence-corrected chi connectivity index (χ0v) is 12.4. The van der Waals surface area contributed by atoms with Crippen molar-refractivity contribution in [3.8, 4) is 5.75 Å². The van der Waals surface area contributed by atoms with Gasteiger partial charge in [-0.25, -0.2) is 0 Å². The van der Waals surface area contributed by atoms with Crippen molar-refractivity contribution in [1.82, 2.24) is 9.27 Å². The molecule has 0 amide bonds. The molecule has 0 radical (unpaired) electrons. The average Bonchev–Trinajstić information content (AvgIpc) is 2.72. The quantitative estimate of drug-likeness (QED) is 0.884. The monoisotopic (exact) mass is 282 g/mol. The molecule has 0 saturated carbocycles. The number of hydrogen-bond acceptors (Lipinski definition) is 6. The molecule has 1 atom stereocenters. The molecule has 1 aromatic heterocycles. The SMILES string of the molecule is CC(C)Oc1c(N)nsc1NC1CN2CCC1CC2. The Hall–Kier alpha value is -1.01. The van der Waals surface area contributed by atoms with E-state index in [0.717, 1.165) is 23.2 Å². The van der Waals surface area contributed by atoms with Crippen LogP contribution in [0.15, 0.2) is 0 Å². The Balaban J connectivity index is 1.73. The van der Waals surface area contributed by atoms with Gasteiger partial charge in [0.05, 0.1) is 6.10 Å². The van der Waals surface area contributed by atoms with Crippen LogP contribution >= 0.6 is 11.5 Å². The molecule has 6 heteroatoms. The van der Waals surface area contributed by atoms with Gasteiger partial charge in [0.1, 0.15) is 0 Å². The van der Waals surface area contributed by atoms with E-state index in [0.29, 0.717) is 11.9 Å². The highest BCUT2D eigenvalue weighted by Crippen LogP contribution is 2.38. The minimum atomic E-state index is 0.116. The fraction of sp³-hybridized carbons (Fsp3) is 0.769. The molecule has 106 valence electrons. The molecule has 4 heterocycles. The summed E-state index contributed by atoms with van der Waals surface area (Å²) in [5.41, 5.74) is 5.89. The number of nitrogens with two attached hydrogens (primary N) is 1. The molecular weight excluding hydrogens is 260 g/mol. The standard InChI is InChI=1S/C13H22N4OS/c1-8(2)18-11-12(14)16-19-13(11)15-10-7-17-5-3-9(10)4-6-17/h8-10,15H,3-7H2,1-2H3,(H2,14,16). The zero-order valence-electron chi connectivity index (χ0n) is 11.6. The first kappa shape index (κ1) is 13.0. The summed E-state index contributed by atoms with van der Waals surface area (Å²) in [5, 5.41) is 4.61. The number of ether oxygens (including phenoxy) is 1. The topological polar surface area (TPSA) is 63.4 Å². The molecule has 3 saturated heterocycles. The fourth-order valence-corrected chi connectivity index (χ4v) is 3.74. The lowest BCUT2D eigenvalue weighted by Gasteiger charge is -2.45. The summed E-state index contributed by atoms with van der Waals surface area (Å²) >= 11 is 1.41. The predicted octanol–water partition coefficient (Wildman–Crippen LogP) is 2.02. The van der Waals surface area contributed by atoms with Crippen molar-refractivity contribution in [3.63, 3.8) is 0 Å². The molecule has 0 aliphatic carbocycles. The molecule has 4 rings (SSSR count). The normalized spacial score (nSPS) is 29.7. The largest absolute Gasteiger partial charge is 0.484 e. The van der Waals surface area contributed by atoms with Crippen LogP contribution in [0.3, 0.4) is 0 Å². The summed E-state index contributed by atoms with van der Waals surface area (Å²) < 4.78 is 10.0. The van der Waals surface area contributed by atoms with E-state index in [1.165, 1.54) is 37.5 Å². The van der Waals surface area contributed by atoms with E-state index >= 15 is 0 Å². The van der Waals surface area contributed by atoms with Crippen LogP contribution in [0, 0.1) is 5.92 Å². The molecule has 0 spiro atoms. The number of hydrogen-bond donors (Lipinski definition) is 2. The summed E-state index contributed by atoms with van der Waals surface area (Å²) in [6.45, 7) is 7.65.